The Morgan fingerprint density at radius 3 is 2.42 bits per heavy atom. The molecule has 12 heavy (non-hydrogen) atoms. The van der Waals surface area contributed by atoms with Crippen molar-refractivity contribution in [3.05, 3.63) is 47.7 Å². The molecule has 3 heteroatoms. The van der Waals surface area contributed by atoms with E-state index in [0.29, 0.717) is 0 Å². The Bertz CT molecular complexity index is 244. The summed E-state index contributed by atoms with van der Waals surface area (Å²) in [4.78, 5) is 0. The Morgan fingerprint density at radius 1 is 1.17 bits per heavy atom. The van der Waals surface area contributed by atoms with Crippen LogP contribution in [0.1, 0.15) is 5.56 Å². The van der Waals surface area contributed by atoms with E-state index in [9.17, 15) is 0 Å². The van der Waals surface area contributed by atoms with Crippen LogP contribution in [0.15, 0.2) is 42.1 Å². The van der Waals surface area contributed by atoms with Crippen molar-refractivity contribution in [2.75, 3.05) is 0 Å². The molecule has 0 aliphatic carbocycles. The van der Waals surface area contributed by atoms with Gasteiger partial charge in [-0.25, -0.2) is 0 Å². The van der Waals surface area contributed by atoms with Gasteiger partial charge in [-0.05, 0) is 12.0 Å². The first kappa shape index (κ1) is 10.2. The molecule has 0 amide bonds. The van der Waals surface area contributed by atoms with Crippen molar-refractivity contribution in [3.8, 4) is 0 Å². The summed E-state index contributed by atoms with van der Waals surface area (Å²) >= 11 is 7.03. The molecule has 0 aliphatic rings. The lowest BCUT2D eigenvalue weighted by Crippen LogP contribution is -1.84. The van der Waals surface area contributed by atoms with Gasteiger partial charge in [-0.15, -0.1) is 30.6 Å². The van der Waals surface area contributed by atoms with Crippen LogP contribution in [0.4, 0.5) is 0 Å². The molecule has 0 N–H and O–H groups in total. The molecule has 0 aromatic heterocycles. The molecule has 0 spiro atoms. The Balaban J connectivity index is 2.43. The van der Waals surface area contributed by atoms with Crippen LogP contribution in [0.2, 0.25) is 0 Å². The predicted octanol–water partition coefficient (Wildman–Crippen LogP) is 3.33. The smallest absolute Gasteiger partial charge is 0.110 e. The summed E-state index contributed by atoms with van der Waals surface area (Å²) in [7, 11) is 0. The third-order valence-corrected chi connectivity index (χ3v) is 3.87. The lowest BCUT2D eigenvalue weighted by molar-refractivity contribution is 1.28. The predicted molar refractivity (Wildman–Crippen MR) is 64.3 cm³/mol. The molecule has 0 saturated heterocycles. The van der Waals surface area contributed by atoms with Gasteiger partial charge in [-0.3, -0.25) is 0 Å². The fraction of sp³-hybridized carbons (Fsp3) is 0.111. The van der Waals surface area contributed by atoms with E-state index >= 15 is 0 Å². The van der Waals surface area contributed by atoms with E-state index in [1.807, 2.05) is 6.07 Å². The molecule has 0 atom stereocenters. The number of benzene rings is 1. The summed E-state index contributed by atoms with van der Waals surface area (Å²) in [6.45, 7) is 0. The maximum Gasteiger partial charge on any atom is 0.208 e. The van der Waals surface area contributed by atoms with Crippen LogP contribution in [0.25, 0.3) is 0 Å². The number of hydrogen-bond acceptors (Lipinski definition) is 0. The fourth-order valence-electron chi connectivity index (χ4n) is 0.921. The Morgan fingerprint density at radius 2 is 1.83 bits per heavy atom. The molecule has 1 aromatic carbocycles. The van der Waals surface area contributed by atoms with Crippen LogP contribution in [0.5, 0.6) is 0 Å². The van der Waals surface area contributed by atoms with E-state index in [1.54, 1.807) is 0 Å². The maximum atomic E-state index is 3.52. The summed E-state index contributed by atoms with van der Waals surface area (Å²) in [5, 5.41) is 0. The van der Waals surface area contributed by atoms with Gasteiger partial charge in [0.2, 0.25) is 6.04 Å². The molecule has 0 nitrogen and oxygen atoms in total. The van der Waals surface area contributed by atoms with E-state index in [1.165, 1.54) is 5.56 Å². The summed E-state index contributed by atoms with van der Waals surface area (Å²) in [6.07, 6.45) is 3.23. The number of rotatable bonds is 3. The first-order chi connectivity index (χ1) is 5.79. The third kappa shape index (κ3) is 4.23. The summed E-state index contributed by atoms with van der Waals surface area (Å²) < 4.78 is 0. The highest BCUT2D eigenvalue weighted by Crippen LogP contribution is 2.05. The van der Waals surface area contributed by atoms with Crippen molar-refractivity contribution in [2.45, 2.75) is 6.42 Å². The standard InChI is InChI=1S/C9H10Br2Si/c10-12(11)8-4-7-9-5-2-1-3-6-9/h1-6,8,12H,7H2. The zero-order valence-electron chi connectivity index (χ0n) is 6.58. The maximum absolute atomic E-state index is 3.52. The van der Waals surface area contributed by atoms with Gasteiger partial charge in [-0.1, -0.05) is 42.1 Å². The summed E-state index contributed by atoms with van der Waals surface area (Å²) in [5.74, 6) is 0. The van der Waals surface area contributed by atoms with Crippen LogP contribution in [-0.2, 0) is 6.42 Å². The van der Waals surface area contributed by atoms with Crippen LogP contribution >= 0.6 is 30.6 Å². The zero-order valence-corrected chi connectivity index (χ0v) is 10.9. The van der Waals surface area contributed by atoms with Gasteiger partial charge in [0, 0.05) is 0 Å². The lowest BCUT2D eigenvalue weighted by Gasteiger charge is -1.93. The van der Waals surface area contributed by atoms with E-state index in [-0.39, 0.29) is 0 Å². The second-order valence-electron chi connectivity index (χ2n) is 2.45. The van der Waals surface area contributed by atoms with Gasteiger partial charge < -0.3 is 0 Å². The van der Waals surface area contributed by atoms with Crippen LogP contribution in [0, 0.1) is 0 Å². The van der Waals surface area contributed by atoms with Gasteiger partial charge in [-0.2, -0.15) is 0 Å². The first-order valence-electron chi connectivity index (χ1n) is 3.78. The van der Waals surface area contributed by atoms with Gasteiger partial charge >= 0.3 is 0 Å². The van der Waals surface area contributed by atoms with Crippen molar-refractivity contribution in [2.24, 2.45) is 0 Å². The quantitative estimate of drug-likeness (QED) is 0.593. The molecule has 0 saturated carbocycles. The first-order valence-corrected chi connectivity index (χ1v) is 10.8. The van der Waals surface area contributed by atoms with Gasteiger partial charge in [0.05, 0.1) is 0 Å². The number of halogens is 2. The van der Waals surface area contributed by atoms with Crippen LogP contribution in [0.3, 0.4) is 0 Å². The van der Waals surface area contributed by atoms with Crippen LogP contribution < -0.4 is 0 Å². The van der Waals surface area contributed by atoms with Crippen molar-refractivity contribution in [1.29, 1.82) is 0 Å². The van der Waals surface area contributed by atoms with Gasteiger partial charge in [0.15, 0.2) is 0 Å². The number of allylic oxidation sites excluding steroid dienone is 1. The Labute approximate surface area is 90.4 Å². The Hall–Kier alpha value is 0.137. The SMILES string of the molecule is Br[SiH](Br)C=CCc1ccccc1. The normalized spacial score (nSPS) is 11.2. The van der Waals surface area contributed by atoms with Crippen molar-refractivity contribution >= 4 is 36.6 Å². The largest absolute Gasteiger partial charge is 0.208 e. The molecule has 64 valence electrons. The highest BCUT2D eigenvalue weighted by atomic mass is 79.9. The minimum absolute atomic E-state index is 0.867. The molecule has 1 aromatic rings. The third-order valence-electron chi connectivity index (χ3n) is 1.48. The molecule has 0 unspecified atom stereocenters. The molecular formula is C9H10Br2Si. The van der Waals surface area contributed by atoms with Crippen LogP contribution in [-0.4, -0.2) is 6.04 Å². The average Bonchev–Trinajstić information content (AvgIpc) is 2.05. The van der Waals surface area contributed by atoms with Gasteiger partial charge in [0.25, 0.3) is 0 Å². The van der Waals surface area contributed by atoms with E-state index in [0.717, 1.165) is 6.42 Å². The minimum atomic E-state index is -0.867. The molecule has 0 radical (unpaired) electrons. The minimum Gasteiger partial charge on any atom is -0.110 e. The molecule has 0 aliphatic heterocycles. The average molecular weight is 306 g/mol. The number of hydrogen-bond donors (Lipinski definition) is 0. The zero-order chi connectivity index (χ0) is 8.81. The van der Waals surface area contributed by atoms with Gasteiger partial charge in [0.1, 0.15) is 0 Å². The van der Waals surface area contributed by atoms with Crippen molar-refractivity contribution in [1.82, 2.24) is 0 Å². The Kier molecular flexibility index (Phi) is 4.88. The van der Waals surface area contributed by atoms with Crippen molar-refractivity contribution < 1.29 is 0 Å². The topological polar surface area (TPSA) is 0 Å². The summed E-state index contributed by atoms with van der Waals surface area (Å²) in [5.41, 5.74) is 3.58. The van der Waals surface area contributed by atoms with Crippen molar-refractivity contribution in [3.63, 3.8) is 0 Å². The van der Waals surface area contributed by atoms with E-state index < -0.39 is 6.04 Å². The lowest BCUT2D eigenvalue weighted by atomic mass is 10.2. The monoisotopic (exact) mass is 304 g/mol. The molecule has 0 fully saturated rings. The van der Waals surface area contributed by atoms with E-state index in [4.69, 9.17) is 0 Å². The van der Waals surface area contributed by atoms with E-state index in [2.05, 4.69) is 66.6 Å². The molecule has 0 bridgehead atoms. The second-order valence-corrected chi connectivity index (χ2v) is 13.1. The summed E-state index contributed by atoms with van der Waals surface area (Å²) in [6, 6.07) is 9.60. The fourth-order valence-corrected chi connectivity index (χ4v) is 2.56. The second kappa shape index (κ2) is 5.73. The highest BCUT2D eigenvalue weighted by Gasteiger charge is 1.91. The molecular weight excluding hydrogens is 296 g/mol. The molecule has 0 heterocycles. The highest BCUT2D eigenvalue weighted by molar-refractivity contribution is 9.49. The molecule has 1 rings (SSSR count).